The van der Waals surface area contributed by atoms with Crippen molar-refractivity contribution in [2.75, 3.05) is 11.9 Å². The maximum Gasteiger partial charge on any atom is 0.0594 e. The molecule has 2 nitrogen and oxygen atoms in total. The Balaban J connectivity index is 1.98. The number of rotatable bonds is 4. The molecule has 1 aliphatic heterocycles. The minimum Gasteiger partial charge on any atom is -0.382 e. The van der Waals surface area contributed by atoms with E-state index in [2.05, 4.69) is 25.2 Å². The number of hydrogen-bond donors (Lipinski definition) is 1. The quantitative estimate of drug-likeness (QED) is 0.873. The maximum absolute atomic E-state index is 6.15. The van der Waals surface area contributed by atoms with E-state index in [0.29, 0.717) is 12.1 Å². The zero-order valence-corrected chi connectivity index (χ0v) is 12.0. The molecule has 0 radical (unpaired) electrons. The number of halogens is 1. The van der Waals surface area contributed by atoms with Crippen LogP contribution in [0.4, 0.5) is 5.69 Å². The highest BCUT2D eigenvalue weighted by molar-refractivity contribution is 6.31. The molecule has 100 valence electrons. The van der Waals surface area contributed by atoms with Gasteiger partial charge >= 0.3 is 0 Å². The summed E-state index contributed by atoms with van der Waals surface area (Å²) in [5.41, 5.74) is 2.29. The van der Waals surface area contributed by atoms with Gasteiger partial charge in [-0.15, -0.1) is 0 Å². The van der Waals surface area contributed by atoms with E-state index < -0.39 is 0 Å². The molecule has 1 saturated heterocycles. The fourth-order valence-corrected chi connectivity index (χ4v) is 2.69. The van der Waals surface area contributed by atoms with Crippen molar-refractivity contribution in [1.82, 2.24) is 0 Å². The second-order valence-electron chi connectivity index (χ2n) is 5.06. The zero-order valence-electron chi connectivity index (χ0n) is 11.2. The molecule has 18 heavy (non-hydrogen) atoms. The molecule has 0 saturated carbocycles. The van der Waals surface area contributed by atoms with Gasteiger partial charge in [0.15, 0.2) is 0 Å². The van der Waals surface area contributed by atoms with Crippen LogP contribution in [0.25, 0.3) is 0 Å². The second-order valence-corrected chi connectivity index (χ2v) is 5.47. The normalized spacial score (nSPS) is 23.9. The highest BCUT2D eigenvalue weighted by atomic mass is 35.5. The van der Waals surface area contributed by atoms with Crippen LogP contribution in [0.15, 0.2) is 18.2 Å². The lowest BCUT2D eigenvalue weighted by molar-refractivity contribution is 0.00597. The van der Waals surface area contributed by atoms with Gasteiger partial charge in [-0.3, -0.25) is 0 Å². The Morgan fingerprint density at radius 3 is 3.06 bits per heavy atom. The van der Waals surface area contributed by atoms with E-state index in [0.717, 1.165) is 42.1 Å². The van der Waals surface area contributed by atoms with Crippen molar-refractivity contribution < 1.29 is 4.74 Å². The molecule has 2 unspecified atom stereocenters. The maximum atomic E-state index is 6.15. The highest BCUT2D eigenvalue weighted by Crippen LogP contribution is 2.26. The molecular weight excluding hydrogens is 246 g/mol. The van der Waals surface area contributed by atoms with Gasteiger partial charge in [-0.25, -0.2) is 0 Å². The standard InChI is InChI=1S/C15H22ClNO/c1-3-5-13-10-12(8-9-18-13)17-15-7-4-6-14(16)11(15)2/h4,6-7,12-13,17H,3,5,8-10H2,1-2H3. The Kier molecular flexibility index (Phi) is 4.90. The van der Waals surface area contributed by atoms with Crippen LogP contribution in [-0.4, -0.2) is 18.8 Å². The van der Waals surface area contributed by atoms with E-state index in [-0.39, 0.29) is 0 Å². The van der Waals surface area contributed by atoms with Crippen molar-refractivity contribution in [3.63, 3.8) is 0 Å². The molecule has 1 fully saturated rings. The molecule has 3 heteroatoms. The Morgan fingerprint density at radius 2 is 2.28 bits per heavy atom. The average Bonchev–Trinajstić information content (AvgIpc) is 2.36. The van der Waals surface area contributed by atoms with Crippen LogP contribution in [0.5, 0.6) is 0 Å². The predicted molar refractivity (Wildman–Crippen MR) is 77.5 cm³/mol. The number of benzene rings is 1. The van der Waals surface area contributed by atoms with Gasteiger partial charge in [-0.05, 0) is 43.9 Å². The summed E-state index contributed by atoms with van der Waals surface area (Å²) in [5.74, 6) is 0. The van der Waals surface area contributed by atoms with E-state index in [1.165, 1.54) is 6.42 Å². The summed E-state index contributed by atoms with van der Waals surface area (Å²) in [4.78, 5) is 0. The number of anilines is 1. The van der Waals surface area contributed by atoms with Gasteiger partial charge in [0.2, 0.25) is 0 Å². The van der Waals surface area contributed by atoms with Crippen LogP contribution in [0, 0.1) is 6.92 Å². The van der Waals surface area contributed by atoms with Gasteiger partial charge in [-0.1, -0.05) is 31.0 Å². The van der Waals surface area contributed by atoms with Crippen molar-refractivity contribution in [2.24, 2.45) is 0 Å². The topological polar surface area (TPSA) is 21.3 Å². The summed E-state index contributed by atoms with van der Waals surface area (Å²) in [6.07, 6.45) is 4.94. The first-order valence-corrected chi connectivity index (χ1v) is 7.21. The van der Waals surface area contributed by atoms with E-state index in [1.54, 1.807) is 0 Å². The van der Waals surface area contributed by atoms with Gasteiger partial charge in [0, 0.05) is 23.4 Å². The van der Waals surface area contributed by atoms with Gasteiger partial charge in [0.05, 0.1) is 6.10 Å². The van der Waals surface area contributed by atoms with Crippen LogP contribution < -0.4 is 5.32 Å². The molecule has 1 aromatic rings. The first-order valence-electron chi connectivity index (χ1n) is 6.84. The van der Waals surface area contributed by atoms with Gasteiger partial charge in [0.1, 0.15) is 0 Å². The van der Waals surface area contributed by atoms with Crippen molar-refractivity contribution in [3.8, 4) is 0 Å². The molecule has 1 aliphatic rings. The lowest BCUT2D eigenvalue weighted by Crippen LogP contribution is -2.34. The smallest absolute Gasteiger partial charge is 0.0594 e. The highest BCUT2D eigenvalue weighted by Gasteiger charge is 2.22. The minimum atomic E-state index is 0.417. The van der Waals surface area contributed by atoms with Crippen molar-refractivity contribution in [1.29, 1.82) is 0 Å². The molecule has 1 N–H and O–H groups in total. The van der Waals surface area contributed by atoms with E-state index in [1.807, 2.05) is 12.1 Å². The summed E-state index contributed by atoms with van der Waals surface area (Å²) in [6, 6.07) is 6.55. The monoisotopic (exact) mass is 267 g/mol. The molecule has 0 amide bonds. The third kappa shape index (κ3) is 3.39. The molecule has 0 bridgehead atoms. The SMILES string of the molecule is CCCC1CC(Nc2cccc(Cl)c2C)CCO1. The second kappa shape index (κ2) is 6.44. The van der Waals surface area contributed by atoms with Crippen molar-refractivity contribution in [2.45, 2.75) is 51.7 Å². The largest absolute Gasteiger partial charge is 0.382 e. The van der Waals surface area contributed by atoms with Crippen molar-refractivity contribution in [3.05, 3.63) is 28.8 Å². The Morgan fingerprint density at radius 1 is 1.44 bits per heavy atom. The summed E-state index contributed by atoms with van der Waals surface area (Å²) in [6.45, 7) is 5.14. The first-order chi connectivity index (χ1) is 8.70. The Labute approximate surface area is 115 Å². The predicted octanol–water partition coefficient (Wildman–Crippen LogP) is 4.41. The summed E-state index contributed by atoms with van der Waals surface area (Å²) < 4.78 is 5.77. The average molecular weight is 268 g/mol. The third-order valence-corrected chi connectivity index (χ3v) is 4.01. The summed E-state index contributed by atoms with van der Waals surface area (Å²) in [5, 5.41) is 4.44. The van der Waals surface area contributed by atoms with Crippen LogP contribution in [0.3, 0.4) is 0 Å². The lowest BCUT2D eigenvalue weighted by Gasteiger charge is -2.31. The first kappa shape index (κ1) is 13.7. The minimum absolute atomic E-state index is 0.417. The number of ether oxygens (including phenoxy) is 1. The van der Waals surface area contributed by atoms with Crippen LogP contribution in [-0.2, 0) is 4.74 Å². The van der Waals surface area contributed by atoms with E-state index in [9.17, 15) is 0 Å². The fourth-order valence-electron chi connectivity index (χ4n) is 2.52. The molecule has 0 spiro atoms. The molecule has 0 aliphatic carbocycles. The van der Waals surface area contributed by atoms with Gasteiger partial charge < -0.3 is 10.1 Å². The Bertz CT molecular complexity index is 392. The summed E-state index contributed by atoms with van der Waals surface area (Å²) in [7, 11) is 0. The third-order valence-electron chi connectivity index (χ3n) is 3.61. The Hall–Kier alpha value is -0.730. The number of nitrogens with one attached hydrogen (secondary N) is 1. The van der Waals surface area contributed by atoms with E-state index >= 15 is 0 Å². The van der Waals surface area contributed by atoms with Crippen LogP contribution >= 0.6 is 11.6 Å². The number of hydrogen-bond acceptors (Lipinski definition) is 2. The van der Waals surface area contributed by atoms with E-state index in [4.69, 9.17) is 16.3 Å². The zero-order chi connectivity index (χ0) is 13.0. The van der Waals surface area contributed by atoms with Crippen LogP contribution in [0.2, 0.25) is 5.02 Å². The lowest BCUT2D eigenvalue weighted by atomic mass is 9.99. The fraction of sp³-hybridized carbons (Fsp3) is 0.600. The van der Waals surface area contributed by atoms with Gasteiger partial charge in [-0.2, -0.15) is 0 Å². The van der Waals surface area contributed by atoms with Gasteiger partial charge in [0.25, 0.3) is 0 Å². The molecule has 0 aromatic heterocycles. The molecule has 1 heterocycles. The molecule has 2 atom stereocenters. The molecule has 2 rings (SSSR count). The van der Waals surface area contributed by atoms with Crippen LogP contribution in [0.1, 0.15) is 38.2 Å². The molecule has 1 aromatic carbocycles. The van der Waals surface area contributed by atoms with Crippen molar-refractivity contribution >= 4 is 17.3 Å². The molecular formula is C15H22ClNO. The summed E-state index contributed by atoms with van der Waals surface area (Å²) >= 11 is 6.15.